The quantitative estimate of drug-likeness (QED) is 0.623. The summed E-state index contributed by atoms with van der Waals surface area (Å²) in [5.74, 6) is -0.601. The maximum atomic E-state index is 13.1. The Balaban J connectivity index is 1.81. The molecule has 0 aliphatic carbocycles. The third kappa shape index (κ3) is 4.11. The molecule has 31 heavy (non-hydrogen) atoms. The first-order valence-corrected chi connectivity index (χ1v) is 10.3. The number of hydrogen-bond acceptors (Lipinski definition) is 4. The zero-order chi connectivity index (χ0) is 22.0. The molecule has 3 aromatic rings. The molecule has 0 radical (unpaired) electrons. The van der Waals surface area contributed by atoms with Crippen molar-refractivity contribution in [2.24, 2.45) is 0 Å². The number of carbonyl (C=O) groups excluding carboxylic acids is 1. The van der Waals surface area contributed by atoms with Crippen molar-refractivity contribution in [3.63, 3.8) is 0 Å². The monoisotopic (exact) mass is 436 g/mol. The van der Waals surface area contributed by atoms with Crippen LogP contribution < -0.4 is 4.74 Å². The summed E-state index contributed by atoms with van der Waals surface area (Å²) in [6, 6.07) is 15.8. The van der Waals surface area contributed by atoms with Crippen LogP contribution in [0.25, 0.3) is 22.4 Å². The molecule has 1 N–H and O–H groups in total. The van der Waals surface area contributed by atoms with Crippen molar-refractivity contribution < 1.29 is 19.4 Å². The second-order valence-corrected chi connectivity index (χ2v) is 7.73. The summed E-state index contributed by atoms with van der Waals surface area (Å²) in [6.45, 7) is 0.414. The van der Waals surface area contributed by atoms with E-state index in [0.717, 1.165) is 16.9 Å². The second kappa shape index (κ2) is 8.78. The highest BCUT2D eigenvalue weighted by Crippen LogP contribution is 2.36. The Labute approximate surface area is 185 Å². The lowest BCUT2D eigenvalue weighted by Gasteiger charge is -2.22. The van der Waals surface area contributed by atoms with Gasteiger partial charge in [-0.05, 0) is 49.2 Å². The summed E-state index contributed by atoms with van der Waals surface area (Å²) in [7, 11) is 1.60. The molecule has 2 aromatic carbocycles. The third-order valence-corrected chi connectivity index (χ3v) is 5.79. The maximum absolute atomic E-state index is 13.1. The SMILES string of the molecule is COc1ccc(-c2ncc(C(=O)N3CCCC3C(=O)O)cc2-c2ccccc2Cl)cc1. The molecule has 0 bridgehead atoms. The van der Waals surface area contributed by atoms with Crippen molar-refractivity contribution in [1.29, 1.82) is 0 Å². The largest absolute Gasteiger partial charge is 0.497 e. The van der Waals surface area contributed by atoms with Gasteiger partial charge in [0.05, 0.1) is 18.4 Å². The van der Waals surface area contributed by atoms with Crippen LogP contribution in [0.4, 0.5) is 0 Å². The van der Waals surface area contributed by atoms with Crippen molar-refractivity contribution in [1.82, 2.24) is 9.88 Å². The minimum Gasteiger partial charge on any atom is -0.497 e. The Hall–Kier alpha value is -3.38. The molecule has 4 rings (SSSR count). The number of rotatable bonds is 5. The summed E-state index contributed by atoms with van der Waals surface area (Å²) in [5.41, 5.74) is 3.30. The fourth-order valence-electron chi connectivity index (χ4n) is 3.88. The summed E-state index contributed by atoms with van der Waals surface area (Å²) < 4.78 is 5.24. The van der Waals surface area contributed by atoms with E-state index in [1.54, 1.807) is 19.2 Å². The van der Waals surface area contributed by atoms with Gasteiger partial charge in [0.25, 0.3) is 5.91 Å². The van der Waals surface area contributed by atoms with Gasteiger partial charge in [-0.15, -0.1) is 0 Å². The Morgan fingerprint density at radius 2 is 1.87 bits per heavy atom. The zero-order valence-corrected chi connectivity index (χ0v) is 17.7. The van der Waals surface area contributed by atoms with Gasteiger partial charge in [-0.2, -0.15) is 0 Å². The van der Waals surface area contributed by atoms with Gasteiger partial charge in [-0.1, -0.05) is 29.8 Å². The topological polar surface area (TPSA) is 79.7 Å². The number of halogens is 1. The molecule has 1 unspecified atom stereocenters. The van der Waals surface area contributed by atoms with Gasteiger partial charge in [0.15, 0.2) is 0 Å². The molecule has 0 spiro atoms. The number of likely N-dealkylation sites (tertiary alicyclic amines) is 1. The minimum atomic E-state index is -0.986. The van der Waals surface area contributed by atoms with Gasteiger partial charge in [0.1, 0.15) is 11.8 Å². The first kappa shape index (κ1) is 20.9. The number of ether oxygens (including phenoxy) is 1. The summed E-state index contributed by atoms with van der Waals surface area (Å²) in [4.78, 5) is 30.7. The number of hydrogen-bond donors (Lipinski definition) is 1. The smallest absolute Gasteiger partial charge is 0.326 e. The van der Waals surface area contributed by atoms with E-state index < -0.39 is 12.0 Å². The molecule has 1 atom stereocenters. The van der Waals surface area contributed by atoms with Gasteiger partial charge in [0, 0.05) is 34.5 Å². The molecule has 0 saturated carbocycles. The van der Waals surface area contributed by atoms with Crippen LogP contribution in [0.15, 0.2) is 60.8 Å². The number of benzene rings is 2. The molecule has 1 fully saturated rings. The van der Waals surface area contributed by atoms with E-state index in [0.29, 0.717) is 41.2 Å². The molecule has 158 valence electrons. The Morgan fingerprint density at radius 3 is 2.55 bits per heavy atom. The molecule has 6 nitrogen and oxygen atoms in total. The fourth-order valence-corrected chi connectivity index (χ4v) is 4.12. The number of carboxylic acids is 1. The van der Waals surface area contributed by atoms with E-state index in [1.165, 1.54) is 11.1 Å². The number of carbonyl (C=O) groups is 2. The van der Waals surface area contributed by atoms with Crippen molar-refractivity contribution >= 4 is 23.5 Å². The molecule has 7 heteroatoms. The molecular weight excluding hydrogens is 416 g/mol. The Morgan fingerprint density at radius 1 is 1.13 bits per heavy atom. The highest BCUT2D eigenvalue weighted by molar-refractivity contribution is 6.33. The van der Waals surface area contributed by atoms with Gasteiger partial charge in [-0.3, -0.25) is 9.78 Å². The van der Waals surface area contributed by atoms with Gasteiger partial charge in [0.2, 0.25) is 0 Å². The highest BCUT2D eigenvalue weighted by Gasteiger charge is 2.34. The summed E-state index contributed by atoms with van der Waals surface area (Å²) in [6.07, 6.45) is 2.62. The number of aliphatic carboxylic acids is 1. The lowest BCUT2D eigenvalue weighted by Crippen LogP contribution is -2.40. The Bertz CT molecular complexity index is 1130. The van der Waals surface area contributed by atoms with Crippen LogP contribution in [0.1, 0.15) is 23.2 Å². The van der Waals surface area contributed by atoms with Crippen molar-refractivity contribution in [3.05, 3.63) is 71.4 Å². The highest BCUT2D eigenvalue weighted by atomic mass is 35.5. The number of amides is 1. The van der Waals surface area contributed by atoms with E-state index >= 15 is 0 Å². The maximum Gasteiger partial charge on any atom is 0.326 e. The van der Waals surface area contributed by atoms with Crippen molar-refractivity contribution in [3.8, 4) is 28.1 Å². The third-order valence-electron chi connectivity index (χ3n) is 5.46. The normalized spacial score (nSPS) is 15.7. The van der Waals surface area contributed by atoms with Crippen LogP contribution in [0, 0.1) is 0 Å². The minimum absolute atomic E-state index is 0.334. The molecule has 1 aliphatic rings. The number of aromatic nitrogens is 1. The molecule has 1 aromatic heterocycles. The predicted molar refractivity (Wildman–Crippen MR) is 118 cm³/mol. The molecular formula is C24H21ClN2O4. The van der Waals surface area contributed by atoms with Crippen LogP contribution in [0.2, 0.25) is 5.02 Å². The van der Waals surface area contributed by atoms with Crippen LogP contribution in [0.3, 0.4) is 0 Å². The van der Waals surface area contributed by atoms with Crippen LogP contribution >= 0.6 is 11.6 Å². The second-order valence-electron chi connectivity index (χ2n) is 7.32. The van der Waals surface area contributed by atoms with Gasteiger partial charge < -0.3 is 14.7 Å². The average Bonchev–Trinajstić information content (AvgIpc) is 3.29. The lowest BCUT2D eigenvalue weighted by atomic mass is 9.97. The van der Waals surface area contributed by atoms with E-state index in [1.807, 2.05) is 42.5 Å². The van der Waals surface area contributed by atoms with Crippen LogP contribution in [0.5, 0.6) is 5.75 Å². The zero-order valence-electron chi connectivity index (χ0n) is 16.9. The first-order chi connectivity index (χ1) is 15.0. The molecule has 1 amide bonds. The van der Waals surface area contributed by atoms with Gasteiger partial charge >= 0.3 is 5.97 Å². The van der Waals surface area contributed by atoms with E-state index in [-0.39, 0.29) is 5.91 Å². The first-order valence-electron chi connectivity index (χ1n) is 9.92. The molecule has 1 aliphatic heterocycles. The number of nitrogens with zero attached hydrogens (tertiary/aromatic N) is 2. The van der Waals surface area contributed by atoms with E-state index in [2.05, 4.69) is 4.98 Å². The number of carboxylic acid groups (broad SMARTS) is 1. The average molecular weight is 437 g/mol. The van der Waals surface area contributed by atoms with E-state index in [9.17, 15) is 14.7 Å². The number of pyridine rings is 1. The fraction of sp³-hybridized carbons (Fsp3) is 0.208. The van der Waals surface area contributed by atoms with E-state index in [4.69, 9.17) is 16.3 Å². The molecule has 1 saturated heterocycles. The summed E-state index contributed by atoms with van der Waals surface area (Å²) >= 11 is 6.47. The predicted octanol–water partition coefficient (Wildman–Crippen LogP) is 4.77. The van der Waals surface area contributed by atoms with Crippen LogP contribution in [-0.2, 0) is 4.79 Å². The van der Waals surface area contributed by atoms with Crippen molar-refractivity contribution in [2.45, 2.75) is 18.9 Å². The standard InChI is InChI=1S/C24H21ClN2O4/c1-31-17-10-8-15(9-11-17)22-19(18-5-2-3-6-20(18)25)13-16(14-26-22)23(28)27-12-4-7-21(27)24(29)30/h2-3,5-6,8-11,13-14,21H,4,7,12H2,1H3,(H,29,30). The molecule has 2 heterocycles. The lowest BCUT2D eigenvalue weighted by molar-refractivity contribution is -0.141. The van der Waals surface area contributed by atoms with Crippen molar-refractivity contribution in [2.75, 3.05) is 13.7 Å². The number of methoxy groups -OCH3 is 1. The van der Waals surface area contributed by atoms with Gasteiger partial charge in [-0.25, -0.2) is 4.79 Å². The summed E-state index contributed by atoms with van der Waals surface area (Å²) in [5, 5.41) is 9.98. The van der Waals surface area contributed by atoms with Crippen LogP contribution in [-0.4, -0.2) is 46.6 Å². The Kier molecular flexibility index (Phi) is 5.91.